The van der Waals surface area contributed by atoms with E-state index in [4.69, 9.17) is 10.5 Å². The Kier molecular flexibility index (Phi) is 8.24. The van der Waals surface area contributed by atoms with E-state index in [1.165, 1.54) is 11.8 Å². The number of carbonyl (C=O) groups excluding carboxylic acids is 2. The number of nitrogens with one attached hydrogen (secondary N) is 2. The van der Waals surface area contributed by atoms with Gasteiger partial charge in [0.2, 0.25) is 0 Å². The van der Waals surface area contributed by atoms with Gasteiger partial charge in [-0.15, -0.1) is 11.8 Å². The van der Waals surface area contributed by atoms with Crippen molar-refractivity contribution in [2.75, 3.05) is 29.8 Å². The number of sulfone groups is 1. The first-order valence-corrected chi connectivity index (χ1v) is 12.9. The number of amides is 2. The molecule has 0 aliphatic rings. The molecule has 0 spiro atoms. The van der Waals surface area contributed by atoms with Gasteiger partial charge < -0.3 is 15.8 Å². The van der Waals surface area contributed by atoms with Crippen LogP contribution in [0.5, 0.6) is 5.75 Å². The van der Waals surface area contributed by atoms with Crippen LogP contribution >= 0.6 is 23.1 Å². The molecule has 0 saturated carbocycles. The number of para-hydroxylation sites is 2. The minimum atomic E-state index is -3.57. The van der Waals surface area contributed by atoms with Crippen LogP contribution in [-0.2, 0) is 19.4 Å². The first-order chi connectivity index (χ1) is 14.0. The van der Waals surface area contributed by atoms with E-state index in [1.807, 2.05) is 13.8 Å². The molecule has 4 N–H and O–H groups in total. The molecule has 1 aromatic heterocycles. The third-order valence-electron chi connectivity index (χ3n) is 3.67. The van der Waals surface area contributed by atoms with Crippen LogP contribution in [0.1, 0.15) is 24.9 Å². The lowest BCUT2D eigenvalue weighted by Gasteiger charge is -2.13. The second-order valence-corrected chi connectivity index (χ2v) is 11.0. The SMILES string of the molecule is CSc1sc(NC(=O)C(=O)Nc2ccccc2OCC(C)C)nc1C(N)S(C)(=O)=O. The summed E-state index contributed by atoms with van der Waals surface area (Å²) >= 11 is 2.29. The molecule has 0 aliphatic heterocycles. The number of aromatic nitrogens is 1. The highest BCUT2D eigenvalue weighted by Crippen LogP contribution is 2.35. The highest BCUT2D eigenvalue weighted by atomic mass is 32.2. The number of ether oxygens (including phenoxy) is 1. The minimum absolute atomic E-state index is 0.0814. The number of hydrogen-bond donors (Lipinski definition) is 3. The Balaban J connectivity index is 2.12. The number of thiazole rings is 1. The lowest BCUT2D eigenvalue weighted by Crippen LogP contribution is -2.29. The monoisotopic (exact) mass is 472 g/mol. The van der Waals surface area contributed by atoms with Gasteiger partial charge >= 0.3 is 11.8 Å². The molecule has 0 radical (unpaired) electrons. The van der Waals surface area contributed by atoms with Crippen molar-refractivity contribution in [2.45, 2.75) is 23.4 Å². The molecule has 164 valence electrons. The van der Waals surface area contributed by atoms with Crippen LogP contribution in [0.2, 0.25) is 0 Å². The Morgan fingerprint density at radius 1 is 1.23 bits per heavy atom. The average molecular weight is 473 g/mol. The van der Waals surface area contributed by atoms with Crippen LogP contribution in [0, 0.1) is 5.92 Å². The van der Waals surface area contributed by atoms with E-state index < -0.39 is 27.0 Å². The van der Waals surface area contributed by atoms with Crippen LogP contribution in [-0.4, -0.2) is 44.3 Å². The first kappa shape index (κ1) is 24.1. The fourth-order valence-corrected chi connectivity index (χ4v) is 4.60. The molecule has 12 heteroatoms. The molecule has 30 heavy (non-hydrogen) atoms. The summed E-state index contributed by atoms with van der Waals surface area (Å²) in [7, 11) is -3.57. The predicted octanol–water partition coefficient (Wildman–Crippen LogP) is 2.48. The summed E-state index contributed by atoms with van der Waals surface area (Å²) in [6, 6.07) is 6.79. The van der Waals surface area contributed by atoms with Crippen LogP contribution < -0.4 is 21.1 Å². The molecule has 0 aliphatic carbocycles. The van der Waals surface area contributed by atoms with Crippen molar-refractivity contribution in [3.63, 3.8) is 0 Å². The Hall–Kier alpha value is -2.15. The molecule has 2 amide bonds. The fraction of sp³-hybridized carbons (Fsp3) is 0.389. The van der Waals surface area contributed by atoms with Crippen LogP contribution in [0.25, 0.3) is 0 Å². The number of carbonyl (C=O) groups is 2. The Bertz CT molecular complexity index is 1020. The Morgan fingerprint density at radius 3 is 2.47 bits per heavy atom. The van der Waals surface area contributed by atoms with E-state index in [9.17, 15) is 18.0 Å². The average Bonchev–Trinajstić information content (AvgIpc) is 3.08. The number of anilines is 2. The van der Waals surface area contributed by atoms with Gasteiger partial charge in [0, 0.05) is 6.26 Å². The van der Waals surface area contributed by atoms with Gasteiger partial charge in [-0.2, -0.15) is 0 Å². The molecule has 1 aromatic carbocycles. The zero-order valence-electron chi connectivity index (χ0n) is 17.0. The van der Waals surface area contributed by atoms with Crippen LogP contribution in [0.3, 0.4) is 0 Å². The van der Waals surface area contributed by atoms with Crippen molar-refractivity contribution >= 4 is 55.6 Å². The van der Waals surface area contributed by atoms with Gasteiger partial charge in [-0.1, -0.05) is 37.3 Å². The van der Waals surface area contributed by atoms with Gasteiger partial charge in [-0.3, -0.25) is 14.9 Å². The summed E-state index contributed by atoms with van der Waals surface area (Å²) in [5.74, 6) is -1.12. The first-order valence-electron chi connectivity index (χ1n) is 8.86. The summed E-state index contributed by atoms with van der Waals surface area (Å²) in [6.07, 6.45) is 2.74. The van der Waals surface area contributed by atoms with Crippen molar-refractivity contribution in [3.8, 4) is 5.75 Å². The van der Waals surface area contributed by atoms with Gasteiger partial charge in [-0.25, -0.2) is 13.4 Å². The molecule has 1 unspecified atom stereocenters. The maximum absolute atomic E-state index is 12.3. The van der Waals surface area contributed by atoms with Crippen molar-refractivity contribution in [1.29, 1.82) is 0 Å². The van der Waals surface area contributed by atoms with Gasteiger partial charge in [0.25, 0.3) is 0 Å². The number of nitrogens with two attached hydrogens (primary N) is 1. The van der Waals surface area contributed by atoms with E-state index in [-0.39, 0.29) is 10.8 Å². The smallest absolute Gasteiger partial charge is 0.315 e. The van der Waals surface area contributed by atoms with E-state index in [0.29, 0.717) is 28.2 Å². The lowest BCUT2D eigenvalue weighted by atomic mass is 10.2. The zero-order chi connectivity index (χ0) is 22.5. The molecular formula is C18H24N4O5S3. The number of nitrogens with zero attached hydrogens (tertiary/aromatic N) is 1. The summed E-state index contributed by atoms with van der Waals surface area (Å²) in [5, 5.41) is 3.66. The second kappa shape index (κ2) is 10.2. The number of benzene rings is 1. The largest absolute Gasteiger partial charge is 0.491 e. The topological polar surface area (TPSA) is 140 Å². The third-order valence-corrected chi connectivity index (χ3v) is 6.93. The zero-order valence-corrected chi connectivity index (χ0v) is 19.4. The van der Waals surface area contributed by atoms with Crippen molar-refractivity contribution in [1.82, 2.24) is 4.98 Å². The molecule has 2 aromatic rings. The van der Waals surface area contributed by atoms with Crippen LogP contribution in [0.15, 0.2) is 28.5 Å². The molecule has 1 atom stereocenters. The molecule has 0 saturated heterocycles. The lowest BCUT2D eigenvalue weighted by molar-refractivity contribution is -0.133. The maximum Gasteiger partial charge on any atom is 0.315 e. The summed E-state index contributed by atoms with van der Waals surface area (Å²) in [4.78, 5) is 28.8. The molecule has 0 fully saturated rings. The summed E-state index contributed by atoms with van der Waals surface area (Å²) in [5.41, 5.74) is 6.26. The third kappa shape index (κ3) is 6.42. The van der Waals surface area contributed by atoms with Crippen molar-refractivity contribution in [2.24, 2.45) is 11.7 Å². The van der Waals surface area contributed by atoms with E-state index >= 15 is 0 Å². The number of hydrogen-bond acceptors (Lipinski definition) is 9. The highest BCUT2D eigenvalue weighted by Gasteiger charge is 2.26. The van der Waals surface area contributed by atoms with E-state index in [2.05, 4.69) is 15.6 Å². The van der Waals surface area contributed by atoms with E-state index in [0.717, 1.165) is 17.6 Å². The number of rotatable bonds is 8. The Morgan fingerprint density at radius 2 is 1.87 bits per heavy atom. The van der Waals surface area contributed by atoms with Gasteiger partial charge in [0.1, 0.15) is 5.75 Å². The van der Waals surface area contributed by atoms with Crippen LogP contribution in [0.4, 0.5) is 10.8 Å². The molecular weight excluding hydrogens is 448 g/mol. The molecule has 9 nitrogen and oxygen atoms in total. The van der Waals surface area contributed by atoms with E-state index in [1.54, 1.807) is 30.5 Å². The summed E-state index contributed by atoms with van der Waals surface area (Å²) < 4.78 is 29.7. The minimum Gasteiger partial charge on any atom is -0.491 e. The highest BCUT2D eigenvalue weighted by molar-refractivity contribution is 8.00. The van der Waals surface area contributed by atoms with Crippen molar-refractivity contribution < 1.29 is 22.7 Å². The summed E-state index contributed by atoms with van der Waals surface area (Å²) in [6.45, 7) is 4.45. The molecule has 2 rings (SSSR count). The van der Waals surface area contributed by atoms with Gasteiger partial charge in [0.05, 0.1) is 22.2 Å². The molecule has 1 heterocycles. The second-order valence-electron chi connectivity index (χ2n) is 6.76. The normalized spacial score (nSPS) is 12.5. The number of thioether (sulfide) groups is 1. The van der Waals surface area contributed by atoms with Crippen molar-refractivity contribution in [3.05, 3.63) is 30.0 Å². The quantitative estimate of drug-likeness (QED) is 0.393. The molecule has 0 bridgehead atoms. The standard InChI is InChI=1S/C18H24N4O5S3/c1-10(2)9-27-12-8-6-5-7-11(12)20-15(23)16(24)22-18-21-13(17(28-3)29-18)14(19)30(4,25)26/h5-8,10,14H,9,19H2,1-4H3,(H,20,23)(H,21,22,24). The predicted molar refractivity (Wildman–Crippen MR) is 120 cm³/mol. The van der Waals surface area contributed by atoms with Gasteiger partial charge in [-0.05, 0) is 24.3 Å². The maximum atomic E-state index is 12.3. The fourth-order valence-electron chi connectivity index (χ4n) is 2.19. The Labute approximate surface area is 183 Å². The van der Waals surface area contributed by atoms with Gasteiger partial charge in [0.15, 0.2) is 20.3 Å².